The maximum Gasteiger partial charge on any atom is 0.276 e. The predicted octanol–water partition coefficient (Wildman–Crippen LogP) is 0.426. The molecule has 7 nitrogen and oxygen atoms in total. The van der Waals surface area contributed by atoms with Gasteiger partial charge in [-0.15, -0.1) is 0 Å². The van der Waals surface area contributed by atoms with Gasteiger partial charge in [-0.05, 0) is 24.3 Å². The Balaban J connectivity index is 2.24. The number of sulfone groups is 1. The summed E-state index contributed by atoms with van der Waals surface area (Å²) in [5.41, 5.74) is -0.0686. The first-order valence-corrected chi connectivity index (χ1v) is 7.42. The third-order valence-corrected chi connectivity index (χ3v) is 3.54. The summed E-state index contributed by atoms with van der Waals surface area (Å²) in [6.45, 7) is 0. The lowest BCUT2D eigenvalue weighted by atomic mass is 10.3. The van der Waals surface area contributed by atoms with Gasteiger partial charge in [0.05, 0.1) is 4.90 Å². The highest BCUT2D eigenvalue weighted by Gasteiger charge is 2.11. The first-order valence-electron chi connectivity index (χ1n) is 5.53. The van der Waals surface area contributed by atoms with Gasteiger partial charge in [-0.3, -0.25) is 9.59 Å². The summed E-state index contributed by atoms with van der Waals surface area (Å²) in [5, 5.41) is 8.22. The molecule has 104 valence electrons. The van der Waals surface area contributed by atoms with Crippen molar-refractivity contribution in [3.63, 3.8) is 0 Å². The molecule has 20 heavy (non-hydrogen) atoms. The van der Waals surface area contributed by atoms with Gasteiger partial charge in [-0.1, -0.05) is 6.07 Å². The van der Waals surface area contributed by atoms with Crippen molar-refractivity contribution in [2.45, 2.75) is 4.90 Å². The Morgan fingerprint density at radius 3 is 2.60 bits per heavy atom. The second kappa shape index (κ2) is 5.25. The largest absolute Gasteiger partial charge is 0.321 e. The van der Waals surface area contributed by atoms with Crippen molar-refractivity contribution in [1.29, 1.82) is 0 Å². The molecule has 0 fully saturated rings. The number of H-pyrrole nitrogens is 1. The number of nitrogens with one attached hydrogen (secondary N) is 2. The van der Waals surface area contributed by atoms with Crippen LogP contribution in [0.4, 0.5) is 5.69 Å². The topological polar surface area (TPSA) is 109 Å². The van der Waals surface area contributed by atoms with Crippen LogP contribution < -0.4 is 10.9 Å². The van der Waals surface area contributed by atoms with E-state index in [9.17, 15) is 18.0 Å². The zero-order valence-corrected chi connectivity index (χ0v) is 11.3. The normalized spacial score (nSPS) is 11.1. The Morgan fingerprint density at radius 1 is 1.25 bits per heavy atom. The van der Waals surface area contributed by atoms with Crippen LogP contribution in [0.2, 0.25) is 0 Å². The van der Waals surface area contributed by atoms with E-state index in [4.69, 9.17) is 0 Å². The lowest BCUT2D eigenvalue weighted by Gasteiger charge is -2.05. The number of carbonyl (C=O) groups is 1. The Bertz CT molecular complexity index is 791. The third-order valence-electron chi connectivity index (χ3n) is 2.43. The molecule has 0 radical (unpaired) electrons. The van der Waals surface area contributed by atoms with Gasteiger partial charge >= 0.3 is 0 Å². The number of amides is 1. The zero-order valence-electron chi connectivity index (χ0n) is 10.5. The number of benzene rings is 1. The highest BCUT2D eigenvalue weighted by Crippen LogP contribution is 2.15. The van der Waals surface area contributed by atoms with Gasteiger partial charge in [0.2, 0.25) is 0 Å². The fraction of sp³-hybridized carbons (Fsp3) is 0.0833. The molecule has 0 unspecified atom stereocenters. The van der Waals surface area contributed by atoms with Crippen molar-refractivity contribution in [2.24, 2.45) is 0 Å². The summed E-state index contributed by atoms with van der Waals surface area (Å²) in [6.07, 6.45) is 1.08. The number of aromatic nitrogens is 2. The lowest BCUT2D eigenvalue weighted by Crippen LogP contribution is -2.17. The van der Waals surface area contributed by atoms with Gasteiger partial charge in [0.25, 0.3) is 11.5 Å². The molecular formula is C12H11N3O4S. The number of anilines is 1. The highest BCUT2D eigenvalue weighted by atomic mass is 32.2. The SMILES string of the molecule is CS(=O)(=O)c1cccc(NC(=O)c2ccc(=O)[nH]n2)c1. The zero-order chi connectivity index (χ0) is 14.8. The molecule has 8 heteroatoms. The fourth-order valence-corrected chi connectivity index (χ4v) is 2.14. The molecule has 1 amide bonds. The van der Waals surface area contributed by atoms with Crippen molar-refractivity contribution < 1.29 is 13.2 Å². The molecule has 0 aliphatic heterocycles. The number of hydrogen-bond acceptors (Lipinski definition) is 5. The minimum atomic E-state index is -3.35. The van der Waals surface area contributed by atoms with Gasteiger partial charge in [0.15, 0.2) is 9.84 Å². The molecule has 0 aliphatic carbocycles. The minimum absolute atomic E-state index is 0.0226. The number of aromatic amines is 1. The summed E-state index contributed by atoms with van der Waals surface area (Å²) < 4.78 is 22.8. The molecule has 2 N–H and O–H groups in total. The molecule has 0 spiro atoms. The van der Waals surface area contributed by atoms with Crippen molar-refractivity contribution in [1.82, 2.24) is 10.2 Å². The minimum Gasteiger partial charge on any atom is -0.321 e. The Hall–Kier alpha value is -2.48. The first-order chi connectivity index (χ1) is 9.36. The van der Waals surface area contributed by atoms with E-state index < -0.39 is 21.3 Å². The van der Waals surface area contributed by atoms with Crippen LogP contribution in [-0.2, 0) is 9.84 Å². The second-order valence-corrected chi connectivity index (χ2v) is 6.08. The van der Waals surface area contributed by atoms with E-state index in [0.717, 1.165) is 6.26 Å². The molecule has 0 bridgehead atoms. The molecule has 2 aromatic rings. The van der Waals surface area contributed by atoms with Crippen molar-refractivity contribution >= 4 is 21.4 Å². The van der Waals surface area contributed by atoms with E-state index in [1.54, 1.807) is 6.07 Å². The second-order valence-electron chi connectivity index (χ2n) is 4.06. The molecule has 0 aliphatic rings. The van der Waals surface area contributed by atoms with E-state index in [1.165, 1.54) is 30.3 Å². The van der Waals surface area contributed by atoms with Gasteiger partial charge in [-0.25, -0.2) is 13.5 Å². The summed E-state index contributed by atoms with van der Waals surface area (Å²) in [4.78, 5) is 22.8. The molecule has 1 heterocycles. The number of hydrogen-bond donors (Lipinski definition) is 2. The maximum atomic E-state index is 11.8. The van der Waals surface area contributed by atoms with Crippen molar-refractivity contribution in [3.05, 3.63) is 52.4 Å². The summed E-state index contributed by atoms with van der Waals surface area (Å²) in [7, 11) is -3.35. The quantitative estimate of drug-likeness (QED) is 0.852. The van der Waals surface area contributed by atoms with Crippen LogP contribution in [-0.4, -0.2) is 30.8 Å². The monoisotopic (exact) mass is 293 g/mol. The van der Waals surface area contributed by atoms with Crippen LogP contribution in [0, 0.1) is 0 Å². The molecule has 2 rings (SSSR count). The molecule has 0 saturated carbocycles. The number of carbonyl (C=O) groups excluding carboxylic acids is 1. The van der Waals surface area contributed by atoms with E-state index >= 15 is 0 Å². The van der Waals surface area contributed by atoms with Gasteiger partial charge in [0, 0.05) is 18.0 Å². The summed E-state index contributed by atoms with van der Waals surface area (Å²) in [6, 6.07) is 8.30. The summed E-state index contributed by atoms with van der Waals surface area (Å²) >= 11 is 0. The average molecular weight is 293 g/mol. The highest BCUT2D eigenvalue weighted by molar-refractivity contribution is 7.90. The number of rotatable bonds is 3. The van der Waals surface area contributed by atoms with Crippen LogP contribution in [0.25, 0.3) is 0 Å². The molecular weight excluding hydrogens is 282 g/mol. The third kappa shape index (κ3) is 3.29. The van der Waals surface area contributed by atoms with Gasteiger partial charge < -0.3 is 5.32 Å². The van der Waals surface area contributed by atoms with Gasteiger partial charge in [-0.2, -0.15) is 5.10 Å². The molecule has 0 atom stereocenters. The Morgan fingerprint density at radius 2 is 2.00 bits per heavy atom. The maximum absolute atomic E-state index is 11.8. The standard InChI is InChI=1S/C12H11N3O4S/c1-20(18,19)9-4-2-3-8(7-9)13-12(17)10-5-6-11(16)15-14-10/h2-7H,1H3,(H,13,17)(H,15,16). The van der Waals surface area contributed by atoms with E-state index in [2.05, 4.69) is 15.5 Å². The Labute approximate surface area is 114 Å². The predicted molar refractivity (Wildman–Crippen MR) is 72.4 cm³/mol. The van der Waals surface area contributed by atoms with Crippen molar-refractivity contribution in [2.75, 3.05) is 11.6 Å². The fourth-order valence-electron chi connectivity index (χ4n) is 1.47. The van der Waals surface area contributed by atoms with Crippen LogP contribution in [0.3, 0.4) is 0 Å². The Kier molecular flexibility index (Phi) is 3.66. The molecule has 0 saturated heterocycles. The average Bonchev–Trinajstić information content (AvgIpc) is 2.38. The number of nitrogens with zero attached hydrogens (tertiary/aromatic N) is 1. The van der Waals surface area contributed by atoms with E-state index in [1.807, 2.05) is 0 Å². The molecule has 1 aromatic heterocycles. The summed E-state index contributed by atoms with van der Waals surface area (Å²) in [5.74, 6) is -0.549. The van der Waals surface area contributed by atoms with Crippen LogP contribution in [0.15, 0.2) is 46.1 Å². The smallest absolute Gasteiger partial charge is 0.276 e. The molecule has 1 aromatic carbocycles. The van der Waals surface area contributed by atoms with Crippen LogP contribution >= 0.6 is 0 Å². The van der Waals surface area contributed by atoms with Crippen molar-refractivity contribution in [3.8, 4) is 0 Å². The van der Waals surface area contributed by atoms with E-state index in [0.29, 0.717) is 5.69 Å². The van der Waals surface area contributed by atoms with Crippen LogP contribution in [0.1, 0.15) is 10.5 Å². The first kappa shape index (κ1) is 13.9. The lowest BCUT2D eigenvalue weighted by molar-refractivity contribution is 0.102. The van der Waals surface area contributed by atoms with E-state index in [-0.39, 0.29) is 10.6 Å². The van der Waals surface area contributed by atoms with Gasteiger partial charge in [0.1, 0.15) is 5.69 Å². The van der Waals surface area contributed by atoms with Crippen LogP contribution in [0.5, 0.6) is 0 Å².